The highest BCUT2D eigenvalue weighted by Crippen LogP contribution is 2.34. The number of amides is 2. The van der Waals surface area contributed by atoms with Crippen molar-refractivity contribution in [1.29, 1.82) is 0 Å². The number of nitrogens with zero attached hydrogens (tertiary/aromatic N) is 2. The van der Waals surface area contributed by atoms with Crippen molar-refractivity contribution in [3.63, 3.8) is 0 Å². The lowest BCUT2D eigenvalue weighted by molar-refractivity contribution is 0.0594. The van der Waals surface area contributed by atoms with Crippen LogP contribution in [0.4, 0.5) is 10.5 Å². The van der Waals surface area contributed by atoms with Crippen LogP contribution in [0.3, 0.4) is 0 Å². The maximum Gasteiger partial charge on any atom is 0.341 e. The van der Waals surface area contributed by atoms with Crippen LogP contribution in [0, 0.1) is 0 Å². The van der Waals surface area contributed by atoms with Crippen molar-refractivity contribution in [2.24, 2.45) is 0 Å². The molecular formula is C34H33N3O6. The van der Waals surface area contributed by atoms with E-state index in [4.69, 9.17) is 18.9 Å². The molecule has 0 spiro atoms. The van der Waals surface area contributed by atoms with Crippen LogP contribution in [0.15, 0.2) is 97.1 Å². The molecule has 220 valence electrons. The molecule has 4 aromatic rings. The molecule has 9 heteroatoms. The van der Waals surface area contributed by atoms with Crippen LogP contribution in [0.5, 0.6) is 17.2 Å². The van der Waals surface area contributed by atoms with Crippen LogP contribution < -0.4 is 19.5 Å². The molecular weight excluding hydrogens is 546 g/mol. The first-order chi connectivity index (χ1) is 21.1. The van der Waals surface area contributed by atoms with Crippen LogP contribution in [0.1, 0.15) is 33.2 Å². The molecule has 1 N–H and O–H groups in total. The van der Waals surface area contributed by atoms with Crippen LogP contribution in [-0.4, -0.2) is 61.9 Å². The molecule has 4 aromatic carbocycles. The van der Waals surface area contributed by atoms with E-state index in [1.165, 1.54) is 7.11 Å². The van der Waals surface area contributed by atoms with Crippen LogP contribution >= 0.6 is 0 Å². The number of hydrogen-bond acceptors (Lipinski definition) is 7. The van der Waals surface area contributed by atoms with Gasteiger partial charge in [-0.1, -0.05) is 66.7 Å². The smallest absolute Gasteiger partial charge is 0.341 e. The summed E-state index contributed by atoms with van der Waals surface area (Å²) in [7, 11) is 1.33. The van der Waals surface area contributed by atoms with Crippen molar-refractivity contribution >= 4 is 17.7 Å². The Bertz CT molecular complexity index is 1530. The highest BCUT2D eigenvalue weighted by molar-refractivity contribution is 5.96. The Morgan fingerprint density at radius 2 is 1.49 bits per heavy atom. The van der Waals surface area contributed by atoms with Crippen LogP contribution in [-0.2, 0) is 11.3 Å². The second-order valence-corrected chi connectivity index (χ2v) is 10.4. The molecule has 6 rings (SSSR count). The second kappa shape index (κ2) is 12.9. The summed E-state index contributed by atoms with van der Waals surface area (Å²) in [5.74, 6) is 1.35. The Morgan fingerprint density at radius 1 is 0.814 bits per heavy atom. The number of nitrogens with one attached hydrogen (secondary N) is 1. The van der Waals surface area contributed by atoms with Gasteiger partial charge in [-0.25, -0.2) is 9.59 Å². The number of esters is 1. The van der Waals surface area contributed by atoms with E-state index in [-0.39, 0.29) is 18.4 Å². The summed E-state index contributed by atoms with van der Waals surface area (Å²) < 4.78 is 22.4. The lowest BCUT2D eigenvalue weighted by Gasteiger charge is -2.34. The fourth-order valence-electron chi connectivity index (χ4n) is 5.30. The fraction of sp³-hybridized carbons (Fsp3) is 0.235. The van der Waals surface area contributed by atoms with E-state index in [0.717, 1.165) is 47.8 Å². The van der Waals surface area contributed by atoms with E-state index in [0.29, 0.717) is 24.5 Å². The van der Waals surface area contributed by atoms with Gasteiger partial charge in [0, 0.05) is 38.4 Å². The summed E-state index contributed by atoms with van der Waals surface area (Å²) in [6, 6.07) is 30.4. The normalized spacial score (nSPS) is 14.4. The summed E-state index contributed by atoms with van der Waals surface area (Å²) >= 11 is 0. The molecule has 0 aromatic heterocycles. The number of piperazine rings is 1. The van der Waals surface area contributed by atoms with Gasteiger partial charge in [0.2, 0.25) is 6.79 Å². The van der Waals surface area contributed by atoms with E-state index in [1.807, 2.05) is 78.9 Å². The van der Waals surface area contributed by atoms with Gasteiger partial charge in [0.15, 0.2) is 11.5 Å². The number of ether oxygens (including phenoxy) is 4. The molecule has 2 aliphatic rings. The Hall–Kier alpha value is -5.02. The standard InChI is InChI=1S/C34H33N3O6/c1-40-33(38)28-21-27(13-15-29(28)43-32(25-8-4-2-5-9-25)26-10-6-3-7-11-26)35-34(39)37-18-16-36(17-19-37)22-24-12-14-30-31(20-24)42-23-41-30/h2-15,20-21,32H,16-19,22-23H2,1H3,(H,35,39). The highest BCUT2D eigenvalue weighted by atomic mass is 16.7. The number of fused-ring (bicyclic) bond motifs is 1. The zero-order valence-corrected chi connectivity index (χ0v) is 23.9. The Balaban J connectivity index is 1.12. The van der Waals surface area contributed by atoms with E-state index in [2.05, 4.69) is 10.2 Å². The summed E-state index contributed by atoms with van der Waals surface area (Å²) in [6.45, 7) is 3.66. The van der Waals surface area contributed by atoms with Gasteiger partial charge in [0.05, 0.1) is 7.11 Å². The molecule has 9 nitrogen and oxygen atoms in total. The first kappa shape index (κ1) is 28.1. The first-order valence-corrected chi connectivity index (χ1v) is 14.2. The molecule has 0 unspecified atom stereocenters. The second-order valence-electron chi connectivity index (χ2n) is 10.4. The number of carbonyl (C=O) groups is 2. The first-order valence-electron chi connectivity index (χ1n) is 14.2. The third kappa shape index (κ3) is 6.57. The third-order valence-electron chi connectivity index (χ3n) is 7.59. The van der Waals surface area contributed by atoms with E-state index in [9.17, 15) is 9.59 Å². The molecule has 0 aliphatic carbocycles. The largest absolute Gasteiger partial charge is 0.480 e. The third-order valence-corrected chi connectivity index (χ3v) is 7.59. The molecule has 2 aliphatic heterocycles. The summed E-state index contributed by atoms with van der Waals surface area (Å²) in [5.41, 5.74) is 3.74. The minimum atomic E-state index is -0.553. The van der Waals surface area contributed by atoms with E-state index >= 15 is 0 Å². The predicted octanol–water partition coefficient (Wildman–Crippen LogP) is 5.72. The Kier molecular flexibility index (Phi) is 8.42. The van der Waals surface area contributed by atoms with Crippen molar-refractivity contribution in [3.05, 3.63) is 119 Å². The molecule has 0 saturated carbocycles. The Morgan fingerprint density at radius 3 is 2.16 bits per heavy atom. The average Bonchev–Trinajstić information content (AvgIpc) is 3.53. The minimum absolute atomic E-state index is 0.223. The van der Waals surface area contributed by atoms with E-state index in [1.54, 1.807) is 23.1 Å². The zero-order valence-electron chi connectivity index (χ0n) is 23.9. The molecule has 0 atom stereocenters. The predicted molar refractivity (Wildman–Crippen MR) is 162 cm³/mol. The van der Waals surface area contributed by atoms with Crippen molar-refractivity contribution in [1.82, 2.24) is 9.80 Å². The lowest BCUT2D eigenvalue weighted by Crippen LogP contribution is -2.49. The van der Waals surface area contributed by atoms with Gasteiger partial charge in [-0.15, -0.1) is 0 Å². The van der Waals surface area contributed by atoms with Crippen molar-refractivity contribution in [2.75, 3.05) is 45.4 Å². The van der Waals surface area contributed by atoms with Crippen molar-refractivity contribution in [2.45, 2.75) is 12.6 Å². The number of benzene rings is 4. The van der Waals surface area contributed by atoms with Gasteiger partial charge in [-0.2, -0.15) is 0 Å². The van der Waals surface area contributed by atoms with Gasteiger partial charge in [-0.05, 0) is 47.0 Å². The zero-order chi connectivity index (χ0) is 29.6. The molecule has 0 bridgehead atoms. The van der Waals surface area contributed by atoms with Gasteiger partial charge in [0.25, 0.3) is 0 Å². The minimum Gasteiger partial charge on any atom is -0.480 e. The highest BCUT2D eigenvalue weighted by Gasteiger charge is 2.24. The topological polar surface area (TPSA) is 89.6 Å². The molecule has 1 saturated heterocycles. The number of carbonyl (C=O) groups excluding carboxylic acids is 2. The monoisotopic (exact) mass is 579 g/mol. The molecule has 2 amide bonds. The number of rotatable bonds is 8. The Labute approximate surface area is 250 Å². The molecule has 1 fully saturated rings. The van der Waals surface area contributed by atoms with Gasteiger partial charge >= 0.3 is 12.0 Å². The van der Waals surface area contributed by atoms with Crippen molar-refractivity contribution in [3.8, 4) is 17.2 Å². The van der Waals surface area contributed by atoms with Gasteiger partial charge in [-0.3, -0.25) is 4.90 Å². The summed E-state index contributed by atoms with van der Waals surface area (Å²) in [4.78, 5) is 30.1. The van der Waals surface area contributed by atoms with Gasteiger partial charge in [0.1, 0.15) is 17.4 Å². The number of hydrogen-bond donors (Lipinski definition) is 1. The molecule has 0 radical (unpaired) electrons. The van der Waals surface area contributed by atoms with Crippen LogP contribution in [0.25, 0.3) is 0 Å². The lowest BCUT2D eigenvalue weighted by atomic mass is 10.0. The molecule has 43 heavy (non-hydrogen) atoms. The van der Waals surface area contributed by atoms with Crippen molar-refractivity contribution < 1.29 is 28.5 Å². The maximum atomic E-state index is 13.2. The number of anilines is 1. The average molecular weight is 580 g/mol. The summed E-state index contributed by atoms with van der Waals surface area (Å²) in [5, 5.41) is 2.94. The van der Waals surface area contributed by atoms with E-state index < -0.39 is 12.1 Å². The summed E-state index contributed by atoms with van der Waals surface area (Å²) in [6.07, 6.45) is -0.444. The van der Waals surface area contributed by atoms with Crippen LogP contribution in [0.2, 0.25) is 0 Å². The van der Waals surface area contributed by atoms with Gasteiger partial charge < -0.3 is 29.2 Å². The quantitative estimate of drug-likeness (QED) is 0.267. The maximum absolute atomic E-state index is 13.2. The molecule has 2 heterocycles. The number of urea groups is 1. The number of methoxy groups -OCH3 is 1. The SMILES string of the molecule is COC(=O)c1cc(NC(=O)N2CCN(Cc3ccc4c(c3)OCO4)CC2)ccc1OC(c1ccccc1)c1ccccc1. The fourth-order valence-corrected chi connectivity index (χ4v) is 5.30.